The van der Waals surface area contributed by atoms with Gasteiger partial charge in [-0.25, -0.2) is 8.42 Å². The average molecular weight is 418 g/mol. The summed E-state index contributed by atoms with van der Waals surface area (Å²) in [5.41, 5.74) is 3.73. The number of amides is 1. The summed E-state index contributed by atoms with van der Waals surface area (Å²) in [4.78, 5) is 19.4. The number of rotatable bonds is 4. The second-order valence-corrected chi connectivity index (χ2v) is 10.3. The van der Waals surface area contributed by atoms with Crippen molar-refractivity contribution < 1.29 is 17.7 Å². The van der Waals surface area contributed by atoms with Gasteiger partial charge in [0.05, 0.1) is 34.4 Å². The second-order valence-electron chi connectivity index (χ2n) is 8.07. The zero-order valence-corrected chi connectivity index (χ0v) is 17.7. The van der Waals surface area contributed by atoms with E-state index < -0.39 is 9.84 Å². The van der Waals surface area contributed by atoms with Crippen molar-refractivity contribution in [3.05, 3.63) is 35.3 Å². The van der Waals surface area contributed by atoms with Crippen molar-refractivity contribution in [3.63, 3.8) is 0 Å². The van der Waals surface area contributed by atoms with E-state index in [4.69, 9.17) is 9.51 Å². The van der Waals surface area contributed by atoms with Crippen molar-refractivity contribution in [2.75, 3.05) is 24.6 Å². The molecule has 2 aliphatic heterocycles. The van der Waals surface area contributed by atoms with E-state index in [2.05, 4.69) is 5.16 Å². The van der Waals surface area contributed by atoms with Crippen LogP contribution in [0.3, 0.4) is 0 Å². The molecule has 1 amide bonds. The molecule has 1 unspecified atom stereocenters. The van der Waals surface area contributed by atoms with E-state index in [1.165, 1.54) is 0 Å². The molecule has 0 saturated carbocycles. The summed E-state index contributed by atoms with van der Waals surface area (Å²) >= 11 is 0. The summed E-state index contributed by atoms with van der Waals surface area (Å²) in [5, 5.41) is 4.08. The minimum atomic E-state index is -3.04. The van der Waals surface area contributed by atoms with E-state index in [0.717, 1.165) is 47.7 Å². The molecule has 0 spiro atoms. The Bertz CT molecular complexity index is 1010. The van der Waals surface area contributed by atoms with Gasteiger partial charge in [-0.2, -0.15) is 0 Å². The number of aryl methyl sites for hydroxylation is 2. The predicted molar refractivity (Wildman–Crippen MR) is 109 cm³/mol. The van der Waals surface area contributed by atoms with Crippen LogP contribution in [-0.4, -0.2) is 54.0 Å². The highest BCUT2D eigenvalue weighted by Gasteiger charge is 2.36. The number of aromatic nitrogens is 2. The molecular formula is C21H27N3O4S. The van der Waals surface area contributed by atoms with Crippen LogP contribution >= 0.6 is 0 Å². The van der Waals surface area contributed by atoms with Gasteiger partial charge >= 0.3 is 0 Å². The fourth-order valence-corrected chi connectivity index (χ4v) is 6.18. The third-order valence-electron chi connectivity index (χ3n) is 6.09. The highest BCUT2D eigenvalue weighted by Crippen LogP contribution is 2.32. The van der Waals surface area contributed by atoms with Crippen LogP contribution in [0.4, 0.5) is 0 Å². The van der Waals surface area contributed by atoms with Crippen LogP contribution in [0, 0.1) is 12.8 Å². The quantitative estimate of drug-likeness (QED) is 0.759. The Balaban J connectivity index is 1.44. The number of likely N-dealkylation sites (tertiary alicyclic amines) is 1. The predicted octanol–water partition coefficient (Wildman–Crippen LogP) is 2.75. The summed E-state index contributed by atoms with van der Waals surface area (Å²) in [7, 11) is -3.04. The first kappa shape index (κ1) is 20.1. The maximum absolute atomic E-state index is 12.7. The van der Waals surface area contributed by atoms with Crippen molar-refractivity contribution in [2.45, 2.75) is 45.4 Å². The van der Waals surface area contributed by atoms with Gasteiger partial charge in [-0.05, 0) is 38.3 Å². The number of hydrogen-bond donors (Lipinski definition) is 0. The van der Waals surface area contributed by atoms with Crippen LogP contribution in [0.2, 0.25) is 0 Å². The molecular weight excluding hydrogens is 390 g/mol. The zero-order valence-electron chi connectivity index (χ0n) is 16.9. The lowest BCUT2D eigenvalue weighted by molar-refractivity contribution is -0.135. The van der Waals surface area contributed by atoms with Crippen LogP contribution in [0.5, 0.6) is 0 Å². The molecule has 7 nitrogen and oxygen atoms in total. The number of piperidine rings is 1. The summed E-state index contributed by atoms with van der Waals surface area (Å²) in [5.74, 6) is 0.919. The van der Waals surface area contributed by atoms with Gasteiger partial charge in [0.25, 0.3) is 0 Å². The Morgan fingerprint density at radius 3 is 2.66 bits per heavy atom. The molecule has 8 heteroatoms. The highest BCUT2D eigenvalue weighted by molar-refractivity contribution is 7.91. The molecule has 4 heterocycles. The lowest BCUT2D eigenvalue weighted by atomic mass is 9.91. The van der Waals surface area contributed by atoms with Crippen molar-refractivity contribution in [1.29, 1.82) is 0 Å². The maximum Gasteiger partial charge on any atom is 0.226 e. The van der Waals surface area contributed by atoms with E-state index in [1.54, 1.807) is 0 Å². The fourth-order valence-electron chi connectivity index (χ4n) is 4.45. The minimum Gasteiger partial charge on any atom is -0.360 e. The molecule has 0 N–H and O–H groups in total. The number of hydrogen-bond acceptors (Lipinski definition) is 6. The van der Waals surface area contributed by atoms with Gasteiger partial charge in [0.15, 0.2) is 9.84 Å². The molecule has 0 radical (unpaired) electrons. The van der Waals surface area contributed by atoms with Crippen molar-refractivity contribution in [3.8, 4) is 11.3 Å². The molecule has 0 aliphatic carbocycles. The van der Waals surface area contributed by atoms with E-state index >= 15 is 0 Å². The smallest absolute Gasteiger partial charge is 0.226 e. The molecule has 156 valence electrons. The van der Waals surface area contributed by atoms with Crippen LogP contribution in [0.25, 0.3) is 11.3 Å². The Labute approximate surface area is 171 Å². The monoisotopic (exact) mass is 417 g/mol. The Kier molecular flexibility index (Phi) is 5.46. The molecule has 29 heavy (non-hydrogen) atoms. The van der Waals surface area contributed by atoms with Gasteiger partial charge < -0.3 is 9.42 Å². The van der Waals surface area contributed by atoms with Crippen molar-refractivity contribution >= 4 is 15.7 Å². The Morgan fingerprint density at radius 1 is 1.24 bits per heavy atom. The van der Waals surface area contributed by atoms with Gasteiger partial charge in [-0.1, -0.05) is 18.1 Å². The third kappa shape index (κ3) is 4.08. The Hall–Kier alpha value is -2.22. The first-order valence-corrected chi connectivity index (χ1v) is 12.1. The normalized spacial score (nSPS) is 22.1. The second kappa shape index (κ2) is 7.89. The van der Waals surface area contributed by atoms with Crippen LogP contribution in [0.1, 0.15) is 49.3 Å². The summed E-state index contributed by atoms with van der Waals surface area (Å²) in [6.07, 6.45) is 2.90. The van der Waals surface area contributed by atoms with Crippen LogP contribution in [0.15, 0.2) is 22.7 Å². The van der Waals surface area contributed by atoms with E-state index in [9.17, 15) is 13.2 Å². The van der Waals surface area contributed by atoms with Gasteiger partial charge in [0, 0.05) is 31.1 Å². The maximum atomic E-state index is 12.7. The molecule has 2 aromatic heterocycles. The summed E-state index contributed by atoms with van der Waals surface area (Å²) in [6, 6.07) is 6.05. The van der Waals surface area contributed by atoms with Crippen molar-refractivity contribution in [2.24, 2.45) is 5.92 Å². The van der Waals surface area contributed by atoms with E-state index in [0.29, 0.717) is 19.5 Å². The number of nitrogens with zero attached hydrogens (tertiary/aromatic N) is 3. The number of sulfone groups is 1. The van der Waals surface area contributed by atoms with Crippen molar-refractivity contribution in [1.82, 2.24) is 15.0 Å². The van der Waals surface area contributed by atoms with E-state index in [1.807, 2.05) is 36.9 Å². The van der Waals surface area contributed by atoms with Crippen LogP contribution < -0.4 is 0 Å². The largest absolute Gasteiger partial charge is 0.360 e. The lowest BCUT2D eigenvalue weighted by Crippen LogP contribution is -2.41. The first-order valence-electron chi connectivity index (χ1n) is 10.3. The third-order valence-corrected chi connectivity index (χ3v) is 7.86. The lowest BCUT2D eigenvalue weighted by Gasteiger charge is -2.33. The minimum absolute atomic E-state index is 0.00100. The van der Waals surface area contributed by atoms with Gasteiger partial charge in [0.2, 0.25) is 5.91 Å². The zero-order chi connectivity index (χ0) is 20.6. The van der Waals surface area contributed by atoms with Crippen LogP contribution in [-0.2, 0) is 21.1 Å². The van der Waals surface area contributed by atoms with E-state index in [-0.39, 0.29) is 29.2 Å². The molecule has 2 aromatic rings. The standard InChI is InChI=1S/C21H27N3O4S/c1-3-19-20(14(2)23-28-19)18-6-4-5-17(22-18)15-7-10-24(11-8-15)21(25)16-9-12-29(26,27)13-16/h4-6,15-16H,3,7-13H2,1-2H3. The molecule has 2 saturated heterocycles. The number of carbonyl (C=O) groups is 1. The summed E-state index contributed by atoms with van der Waals surface area (Å²) in [6.45, 7) is 5.27. The first-order chi connectivity index (χ1) is 13.9. The molecule has 0 aromatic carbocycles. The fraction of sp³-hybridized carbons (Fsp3) is 0.571. The average Bonchev–Trinajstić information content (AvgIpc) is 3.29. The molecule has 2 fully saturated rings. The highest BCUT2D eigenvalue weighted by atomic mass is 32.2. The van der Waals surface area contributed by atoms with Gasteiger partial charge in [-0.3, -0.25) is 9.78 Å². The molecule has 2 aliphatic rings. The number of pyridine rings is 1. The molecule has 4 rings (SSSR count). The number of carbonyl (C=O) groups excluding carboxylic acids is 1. The summed E-state index contributed by atoms with van der Waals surface area (Å²) < 4.78 is 28.8. The molecule has 1 atom stereocenters. The Morgan fingerprint density at radius 2 is 2.00 bits per heavy atom. The molecule has 0 bridgehead atoms. The van der Waals surface area contributed by atoms with Gasteiger partial charge in [0.1, 0.15) is 5.76 Å². The topological polar surface area (TPSA) is 93.4 Å². The SMILES string of the molecule is CCc1onc(C)c1-c1cccc(C2CCN(C(=O)C3CCS(=O)(=O)C3)CC2)n1. The van der Waals surface area contributed by atoms with Gasteiger partial charge in [-0.15, -0.1) is 0 Å².